The summed E-state index contributed by atoms with van der Waals surface area (Å²) in [5.74, 6) is 0.901. The van der Waals surface area contributed by atoms with Crippen LogP contribution in [0.2, 0.25) is 0 Å². The van der Waals surface area contributed by atoms with Gasteiger partial charge in [0.2, 0.25) is 0 Å². The van der Waals surface area contributed by atoms with Crippen LogP contribution >= 0.6 is 0 Å². The molecule has 3 heterocycles. The summed E-state index contributed by atoms with van der Waals surface area (Å²) >= 11 is 0. The van der Waals surface area contributed by atoms with Crippen LogP contribution in [0.5, 0.6) is 0 Å². The third-order valence-corrected chi connectivity index (χ3v) is 8.70. The van der Waals surface area contributed by atoms with Crippen LogP contribution in [-0.4, -0.2) is 14.1 Å². The van der Waals surface area contributed by atoms with Gasteiger partial charge in [0.05, 0.1) is 27.8 Å². The van der Waals surface area contributed by atoms with Crippen LogP contribution in [-0.2, 0) is 0 Å². The molecule has 0 amide bonds. The molecule has 0 bridgehead atoms. The van der Waals surface area contributed by atoms with E-state index < -0.39 is 0 Å². The van der Waals surface area contributed by atoms with Crippen molar-refractivity contribution in [3.05, 3.63) is 164 Å². The van der Waals surface area contributed by atoms with Gasteiger partial charge in [-0.05, 0) is 53.6 Å². The van der Waals surface area contributed by atoms with E-state index in [1.54, 1.807) is 0 Å². The molecule has 0 spiro atoms. The molecular weight excluding hydrogens is 534 g/mol. The van der Waals surface area contributed by atoms with Gasteiger partial charge in [-0.1, -0.05) is 121 Å². The van der Waals surface area contributed by atoms with Crippen molar-refractivity contribution >= 4 is 43.6 Å². The predicted molar refractivity (Wildman–Crippen MR) is 184 cm³/mol. The highest BCUT2D eigenvalue weighted by atomic mass is 15.1. The van der Waals surface area contributed by atoms with Gasteiger partial charge in [-0.25, -0.2) is 4.98 Å². The third kappa shape index (κ3) is 3.73. The molecular formula is C41H27N3. The van der Waals surface area contributed by atoms with Crippen molar-refractivity contribution in [3.8, 4) is 33.9 Å². The minimum absolute atomic E-state index is 0.901. The van der Waals surface area contributed by atoms with E-state index in [4.69, 9.17) is 4.98 Å². The second-order valence-corrected chi connectivity index (χ2v) is 11.2. The second-order valence-electron chi connectivity index (χ2n) is 11.2. The van der Waals surface area contributed by atoms with E-state index in [1.807, 2.05) is 0 Å². The maximum atomic E-state index is 5.33. The second kappa shape index (κ2) is 9.82. The molecule has 0 N–H and O–H groups in total. The van der Waals surface area contributed by atoms with Gasteiger partial charge in [0.15, 0.2) is 0 Å². The summed E-state index contributed by atoms with van der Waals surface area (Å²) in [4.78, 5) is 5.33. The summed E-state index contributed by atoms with van der Waals surface area (Å²) < 4.78 is 4.77. The fourth-order valence-corrected chi connectivity index (χ4v) is 6.79. The van der Waals surface area contributed by atoms with Gasteiger partial charge in [0, 0.05) is 32.8 Å². The Balaban J connectivity index is 1.43. The Morgan fingerprint density at radius 1 is 0.386 bits per heavy atom. The first kappa shape index (κ1) is 24.6. The number of nitrogens with zero attached hydrogens (tertiary/aromatic N) is 3. The largest absolute Gasteiger partial charge is 0.309 e. The first-order chi connectivity index (χ1) is 21.8. The van der Waals surface area contributed by atoms with Crippen molar-refractivity contribution in [2.24, 2.45) is 0 Å². The number of para-hydroxylation sites is 3. The van der Waals surface area contributed by atoms with Crippen LogP contribution in [0.1, 0.15) is 0 Å². The van der Waals surface area contributed by atoms with Gasteiger partial charge in [-0.15, -0.1) is 0 Å². The Kier molecular flexibility index (Phi) is 5.50. The summed E-state index contributed by atoms with van der Waals surface area (Å²) in [6.07, 6.45) is 0. The third-order valence-electron chi connectivity index (χ3n) is 8.70. The van der Waals surface area contributed by atoms with Crippen LogP contribution in [0.15, 0.2) is 164 Å². The molecule has 9 rings (SSSR count). The lowest BCUT2D eigenvalue weighted by Crippen LogP contribution is -2.00. The van der Waals surface area contributed by atoms with Gasteiger partial charge < -0.3 is 4.57 Å². The number of benzene rings is 6. The molecule has 0 aliphatic rings. The molecule has 0 aliphatic carbocycles. The van der Waals surface area contributed by atoms with E-state index >= 15 is 0 Å². The lowest BCUT2D eigenvalue weighted by Gasteiger charge is -2.13. The van der Waals surface area contributed by atoms with Gasteiger partial charge in [0.25, 0.3) is 0 Å². The number of pyridine rings is 1. The fourth-order valence-electron chi connectivity index (χ4n) is 6.79. The maximum absolute atomic E-state index is 5.33. The molecule has 206 valence electrons. The standard InChI is InChI=1S/C41H27N3/c1-4-14-28(15-5-1)30-26-35(29-16-6-2-7-17-29)42-39(27-30)44-37-23-13-11-21-34(37)40-38(44)25-24-33-32-20-10-12-22-36(32)43(41(33)40)31-18-8-3-9-19-31/h1-27H. The number of aromatic nitrogens is 3. The van der Waals surface area contributed by atoms with Gasteiger partial charge >= 0.3 is 0 Å². The minimum Gasteiger partial charge on any atom is -0.309 e. The van der Waals surface area contributed by atoms with Crippen LogP contribution < -0.4 is 0 Å². The molecule has 3 nitrogen and oxygen atoms in total. The van der Waals surface area contributed by atoms with E-state index in [-0.39, 0.29) is 0 Å². The molecule has 9 aromatic rings. The predicted octanol–water partition coefficient (Wildman–Crippen LogP) is 10.6. The monoisotopic (exact) mass is 561 g/mol. The topological polar surface area (TPSA) is 22.8 Å². The highest BCUT2D eigenvalue weighted by Crippen LogP contribution is 2.42. The number of hydrogen-bond acceptors (Lipinski definition) is 1. The summed E-state index contributed by atoms with van der Waals surface area (Å²) in [7, 11) is 0. The molecule has 0 atom stereocenters. The van der Waals surface area contributed by atoms with Crippen molar-refractivity contribution in [2.45, 2.75) is 0 Å². The van der Waals surface area contributed by atoms with E-state index in [9.17, 15) is 0 Å². The van der Waals surface area contributed by atoms with Gasteiger partial charge in [-0.3, -0.25) is 4.57 Å². The molecule has 0 fully saturated rings. The van der Waals surface area contributed by atoms with Crippen LogP contribution in [0.4, 0.5) is 0 Å². The highest BCUT2D eigenvalue weighted by Gasteiger charge is 2.21. The SMILES string of the molecule is c1ccc(-c2cc(-c3ccccc3)nc(-n3c4ccccc4c4c3ccc3c5ccccc5n(-c5ccccc5)c34)c2)cc1. The van der Waals surface area contributed by atoms with E-state index in [2.05, 4.69) is 173 Å². The molecule has 6 aromatic carbocycles. The van der Waals surface area contributed by atoms with Crippen molar-refractivity contribution in [1.82, 2.24) is 14.1 Å². The minimum atomic E-state index is 0.901. The Hall–Kier alpha value is -5.93. The van der Waals surface area contributed by atoms with Crippen LogP contribution in [0.25, 0.3) is 77.5 Å². The molecule has 0 aliphatic heterocycles. The lowest BCUT2D eigenvalue weighted by molar-refractivity contribution is 1.08. The van der Waals surface area contributed by atoms with E-state index in [0.29, 0.717) is 0 Å². The average Bonchev–Trinajstić information content (AvgIpc) is 3.62. The van der Waals surface area contributed by atoms with Crippen molar-refractivity contribution in [2.75, 3.05) is 0 Å². The average molecular weight is 562 g/mol. The molecule has 3 heteroatoms. The number of hydrogen-bond donors (Lipinski definition) is 0. The zero-order chi connectivity index (χ0) is 29.0. The summed E-state index contributed by atoms with van der Waals surface area (Å²) in [6.45, 7) is 0. The first-order valence-corrected chi connectivity index (χ1v) is 15.0. The smallest absolute Gasteiger partial charge is 0.138 e. The molecule has 3 aromatic heterocycles. The number of fused-ring (bicyclic) bond motifs is 7. The summed E-state index contributed by atoms with van der Waals surface area (Å²) in [5, 5.41) is 4.93. The van der Waals surface area contributed by atoms with Gasteiger partial charge in [-0.2, -0.15) is 0 Å². The van der Waals surface area contributed by atoms with Crippen LogP contribution in [0, 0.1) is 0 Å². The van der Waals surface area contributed by atoms with Crippen molar-refractivity contribution < 1.29 is 0 Å². The molecule has 0 radical (unpaired) electrons. The Bertz CT molecular complexity index is 2410. The number of rotatable bonds is 4. The highest BCUT2D eigenvalue weighted by molar-refractivity contribution is 6.26. The van der Waals surface area contributed by atoms with E-state index in [1.165, 1.54) is 38.1 Å². The Morgan fingerprint density at radius 3 is 1.70 bits per heavy atom. The van der Waals surface area contributed by atoms with Crippen molar-refractivity contribution in [3.63, 3.8) is 0 Å². The lowest BCUT2D eigenvalue weighted by atomic mass is 10.0. The zero-order valence-corrected chi connectivity index (χ0v) is 23.9. The Labute approximate surface area is 254 Å². The zero-order valence-electron chi connectivity index (χ0n) is 23.9. The normalized spacial score (nSPS) is 11.6. The summed E-state index contributed by atoms with van der Waals surface area (Å²) in [5.41, 5.74) is 10.2. The van der Waals surface area contributed by atoms with Gasteiger partial charge in [0.1, 0.15) is 5.82 Å². The van der Waals surface area contributed by atoms with Crippen LogP contribution in [0.3, 0.4) is 0 Å². The fraction of sp³-hybridized carbons (Fsp3) is 0. The quantitative estimate of drug-likeness (QED) is 0.210. The molecule has 0 saturated carbocycles. The van der Waals surface area contributed by atoms with Crippen molar-refractivity contribution in [1.29, 1.82) is 0 Å². The first-order valence-electron chi connectivity index (χ1n) is 15.0. The molecule has 0 saturated heterocycles. The summed E-state index contributed by atoms with van der Waals surface area (Å²) in [6, 6.07) is 58.2. The Morgan fingerprint density at radius 2 is 0.977 bits per heavy atom. The molecule has 0 unspecified atom stereocenters. The maximum Gasteiger partial charge on any atom is 0.138 e. The van der Waals surface area contributed by atoms with E-state index in [0.717, 1.165) is 39.4 Å². The molecule has 44 heavy (non-hydrogen) atoms.